The lowest BCUT2D eigenvalue weighted by atomic mass is 10.0. The van der Waals surface area contributed by atoms with Crippen molar-refractivity contribution in [1.29, 1.82) is 0 Å². The second-order valence-corrected chi connectivity index (χ2v) is 4.96. The van der Waals surface area contributed by atoms with Gasteiger partial charge in [0.05, 0.1) is 12.6 Å². The average molecular weight is 263 g/mol. The number of piperidine rings is 1. The van der Waals surface area contributed by atoms with Gasteiger partial charge in [-0.15, -0.1) is 0 Å². The quantitative estimate of drug-likeness (QED) is 0.865. The van der Waals surface area contributed by atoms with Gasteiger partial charge in [0.1, 0.15) is 5.82 Å². The van der Waals surface area contributed by atoms with Gasteiger partial charge >= 0.3 is 0 Å². The molecule has 2 N–H and O–H groups in total. The molecule has 0 saturated carbocycles. The van der Waals surface area contributed by atoms with Gasteiger partial charge in [0, 0.05) is 24.8 Å². The number of hydrogen-bond acceptors (Lipinski definition) is 4. The predicted octanol–water partition coefficient (Wildman–Crippen LogP) is 1.42. The van der Waals surface area contributed by atoms with Crippen molar-refractivity contribution in [3.63, 3.8) is 0 Å². The highest BCUT2D eigenvalue weighted by Crippen LogP contribution is 2.20. The number of hydrogen-bond donors (Lipinski definition) is 2. The highest BCUT2D eigenvalue weighted by Gasteiger charge is 2.27. The van der Waals surface area contributed by atoms with Gasteiger partial charge in [0.15, 0.2) is 0 Å². The first-order valence-corrected chi connectivity index (χ1v) is 6.74. The summed E-state index contributed by atoms with van der Waals surface area (Å²) in [6, 6.07) is 3.51. The number of anilines is 1. The SMILES string of the molecule is CNc1cc(C(=O)N2CCCCC2CO)cc(C)n1. The summed E-state index contributed by atoms with van der Waals surface area (Å²) in [6.07, 6.45) is 2.96. The maximum Gasteiger partial charge on any atom is 0.254 e. The van der Waals surface area contributed by atoms with E-state index < -0.39 is 0 Å². The molecule has 104 valence electrons. The van der Waals surface area contributed by atoms with Crippen LogP contribution in [0.3, 0.4) is 0 Å². The number of rotatable bonds is 3. The van der Waals surface area contributed by atoms with Gasteiger partial charge < -0.3 is 15.3 Å². The summed E-state index contributed by atoms with van der Waals surface area (Å²) in [4.78, 5) is 18.6. The normalized spacial score (nSPS) is 19.3. The van der Waals surface area contributed by atoms with E-state index in [-0.39, 0.29) is 18.6 Å². The molecule has 1 aromatic heterocycles. The molecule has 0 bridgehead atoms. The first-order chi connectivity index (χ1) is 9.15. The summed E-state index contributed by atoms with van der Waals surface area (Å²) >= 11 is 0. The fraction of sp³-hybridized carbons (Fsp3) is 0.571. The third kappa shape index (κ3) is 3.04. The molecular weight excluding hydrogens is 242 g/mol. The lowest BCUT2D eigenvalue weighted by Crippen LogP contribution is -2.45. The number of carbonyl (C=O) groups is 1. The van der Waals surface area contributed by atoms with Crippen LogP contribution in [0.5, 0.6) is 0 Å². The fourth-order valence-corrected chi connectivity index (χ4v) is 2.54. The highest BCUT2D eigenvalue weighted by atomic mass is 16.3. The Morgan fingerprint density at radius 3 is 3.00 bits per heavy atom. The van der Waals surface area contributed by atoms with Gasteiger partial charge in [-0.3, -0.25) is 4.79 Å². The van der Waals surface area contributed by atoms with E-state index in [1.54, 1.807) is 24.1 Å². The van der Waals surface area contributed by atoms with Crippen LogP contribution in [0.2, 0.25) is 0 Å². The largest absolute Gasteiger partial charge is 0.394 e. The minimum atomic E-state index is -0.0484. The van der Waals surface area contributed by atoms with E-state index in [0.29, 0.717) is 11.4 Å². The van der Waals surface area contributed by atoms with E-state index in [0.717, 1.165) is 31.5 Å². The monoisotopic (exact) mass is 263 g/mol. The van der Waals surface area contributed by atoms with Crippen LogP contribution in [0.25, 0.3) is 0 Å². The van der Waals surface area contributed by atoms with Gasteiger partial charge in [0.25, 0.3) is 5.91 Å². The van der Waals surface area contributed by atoms with Crippen LogP contribution < -0.4 is 5.32 Å². The molecule has 1 saturated heterocycles. The Morgan fingerprint density at radius 1 is 1.53 bits per heavy atom. The van der Waals surface area contributed by atoms with Crippen molar-refractivity contribution >= 4 is 11.7 Å². The van der Waals surface area contributed by atoms with E-state index in [2.05, 4.69) is 10.3 Å². The maximum atomic E-state index is 12.5. The number of likely N-dealkylation sites (tertiary alicyclic amines) is 1. The summed E-state index contributed by atoms with van der Waals surface area (Å²) in [5.74, 6) is 0.682. The lowest BCUT2D eigenvalue weighted by Gasteiger charge is -2.34. The van der Waals surface area contributed by atoms with E-state index in [4.69, 9.17) is 0 Å². The molecular formula is C14H21N3O2. The Kier molecular flexibility index (Phi) is 4.37. The molecule has 2 heterocycles. The van der Waals surface area contributed by atoms with Gasteiger partial charge in [-0.25, -0.2) is 4.98 Å². The number of aryl methyl sites for hydroxylation is 1. The number of nitrogens with zero attached hydrogens (tertiary/aromatic N) is 2. The van der Waals surface area contributed by atoms with E-state index >= 15 is 0 Å². The fourth-order valence-electron chi connectivity index (χ4n) is 2.54. The number of nitrogens with one attached hydrogen (secondary N) is 1. The number of amides is 1. The lowest BCUT2D eigenvalue weighted by molar-refractivity contribution is 0.0503. The summed E-state index contributed by atoms with van der Waals surface area (Å²) in [6.45, 7) is 2.63. The first kappa shape index (κ1) is 13.8. The number of pyridine rings is 1. The van der Waals surface area contributed by atoms with Crippen molar-refractivity contribution in [2.24, 2.45) is 0 Å². The van der Waals surface area contributed by atoms with Crippen molar-refractivity contribution in [1.82, 2.24) is 9.88 Å². The first-order valence-electron chi connectivity index (χ1n) is 6.74. The number of aliphatic hydroxyl groups excluding tert-OH is 1. The Labute approximate surface area is 113 Å². The van der Waals surface area contributed by atoms with E-state index in [1.807, 2.05) is 6.92 Å². The molecule has 1 amide bonds. The number of aromatic nitrogens is 1. The van der Waals surface area contributed by atoms with Gasteiger partial charge in [-0.1, -0.05) is 0 Å². The zero-order valence-corrected chi connectivity index (χ0v) is 11.5. The molecule has 1 aliphatic rings. The topological polar surface area (TPSA) is 65.5 Å². The molecule has 1 aromatic rings. The molecule has 0 aromatic carbocycles. The van der Waals surface area contributed by atoms with E-state index in [9.17, 15) is 9.90 Å². The average Bonchev–Trinajstić information content (AvgIpc) is 2.45. The van der Waals surface area contributed by atoms with Crippen LogP contribution in [0.15, 0.2) is 12.1 Å². The molecule has 1 unspecified atom stereocenters. The Balaban J connectivity index is 2.24. The zero-order chi connectivity index (χ0) is 13.8. The molecule has 5 nitrogen and oxygen atoms in total. The standard InChI is InChI=1S/C14H21N3O2/c1-10-7-11(8-13(15-2)16-10)14(19)17-6-4-3-5-12(17)9-18/h7-8,12,18H,3-6,9H2,1-2H3,(H,15,16). The van der Waals surface area contributed by atoms with Crippen molar-refractivity contribution < 1.29 is 9.90 Å². The van der Waals surface area contributed by atoms with Crippen LogP contribution in [0, 0.1) is 6.92 Å². The molecule has 1 atom stereocenters. The second-order valence-electron chi connectivity index (χ2n) is 4.96. The van der Waals surface area contributed by atoms with Crippen LogP contribution in [-0.2, 0) is 0 Å². The van der Waals surface area contributed by atoms with Crippen LogP contribution in [0.1, 0.15) is 35.3 Å². The third-order valence-corrected chi connectivity index (χ3v) is 3.56. The smallest absolute Gasteiger partial charge is 0.254 e. The minimum absolute atomic E-state index is 0.0132. The zero-order valence-electron chi connectivity index (χ0n) is 11.5. The third-order valence-electron chi connectivity index (χ3n) is 3.56. The molecule has 2 rings (SSSR count). The second kappa shape index (κ2) is 6.02. The van der Waals surface area contributed by atoms with Gasteiger partial charge in [0.2, 0.25) is 0 Å². The predicted molar refractivity (Wildman–Crippen MR) is 74.3 cm³/mol. The molecule has 0 radical (unpaired) electrons. The Morgan fingerprint density at radius 2 is 2.32 bits per heavy atom. The Hall–Kier alpha value is -1.62. The maximum absolute atomic E-state index is 12.5. The van der Waals surface area contributed by atoms with Crippen molar-refractivity contribution in [2.75, 3.05) is 25.5 Å². The Bertz CT molecular complexity index is 462. The summed E-state index contributed by atoms with van der Waals surface area (Å²) < 4.78 is 0. The van der Waals surface area contributed by atoms with Crippen molar-refractivity contribution in [3.8, 4) is 0 Å². The van der Waals surface area contributed by atoms with Gasteiger partial charge in [-0.2, -0.15) is 0 Å². The molecule has 0 spiro atoms. The van der Waals surface area contributed by atoms with E-state index in [1.165, 1.54) is 0 Å². The van der Waals surface area contributed by atoms with Crippen LogP contribution in [-0.4, -0.2) is 47.1 Å². The molecule has 1 fully saturated rings. The summed E-state index contributed by atoms with van der Waals surface area (Å²) in [5.41, 5.74) is 1.45. The number of carbonyl (C=O) groups excluding carboxylic acids is 1. The number of aliphatic hydroxyl groups is 1. The van der Waals surface area contributed by atoms with Crippen molar-refractivity contribution in [2.45, 2.75) is 32.2 Å². The summed E-state index contributed by atoms with van der Waals surface area (Å²) in [5, 5.41) is 12.4. The van der Waals surface area contributed by atoms with Gasteiger partial charge in [-0.05, 0) is 38.3 Å². The van der Waals surface area contributed by atoms with Crippen molar-refractivity contribution in [3.05, 3.63) is 23.4 Å². The highest BCUT2D eigenvalue weighted by molar-refractivity contribution is 5.95. The molecule has 5 heteroatoms. The van der Waals surface area contributed by atoms with Crippen LogP contribution in [0.4, 0.5) is 5.82 Å². The minimum Gasteiger partial charge on any atom is -0.394 e. The molecule has 19 heavy (non-hydrogen) atoms. The van der Waals surface area contributed by atoms with Crippen LogP contribution >= 0.6 is 0 Å². The molecule has 0 aliphatic carbocycles. The molecule has 1 aliphatic heterocycles. The summed E-state index contributed by atoms with van der Waals surface area (Å²) in [7, 11) is 1.79.